The molecule has 1 aliphatic rings. The third-order valence-corrected chi connectivity index (χ3v) is 8.41. The van der Waals surface area contributed by atoms with Crippen molar-refractivity contribution in [2.45, 2.75) is 30.8 Å². The monoisotopic (exact) mass is 623 g/mol. The van der Waals surface area contributed by atoms with E-state index in [2.05, 4.69) is 20.9 Å². The van der Waals surface area contributed by atoms with Crippen LogP contribution in [-0.2, 0) is 21.2 Å². The summed E-state index contributed by atoms with van der Waals surface area (Å²) in [5.74, 6) is -5.78. The number of hydrogen-bond acceptors (Lipinski definition) is 6. The van der Waals surface area contributed by atoms with Crippen LogP contribution in [0.5, 0.6) is 0 Å². The van der Waals surface area contributed by atoms with Crippen molar-refractivity contribution in [3.05, 3.63) is 94.8 Å². The molecule has 2 amide bonds. The predicted octanol–water partition coefficient (Wildman–Crippen LogP) is 3.21. The smallest absolute Gasteiger partial charge is 0.405 e. The molecular weight excluding hydrogens is 594 g/mol. The third kappa shape index (κ3) is 8.06. The molecule has 0 bridgehead atoms. The molecule has 0 spiro atoms. The van der Waals surface area contributed by atoms with Crippen molar-refractivity contribution in [1.29, 1.82) is 0 Å². The molecule has 1 fully saturated rings. The highest BCUT2D eigenvalue weighted by Gasteiger charge is 2.34. The number of benzene rings is 2. The number of nitrogens with zero attached hydrogens (tertiary/aromatic N) is 2. The lowest BCUT2D eigenvalue weighted by atomic mass is 9.84. The quantitative estimate of drug-likeness (QED) is 0.254. The van der Waals surface area contributed by atoms with E-state index < -0.39 is 63.3 Å². The van der Waals surface area contributed by atoms with Crippen LogP contribution in [-0.4, -0.2) is 72.8 Å². The summed E-state index contributed by atoms with van der Waals surface area (Å²) in [5.41, 5.74) is -0.0865. The number of amides is 2. The summed E-state index contributed by atoms with van der Waals surface area (Å²) in [4.78, 5) is 29.3. The fraction of sp³-hybridized carbons (Fsp3) is 0.321. The van der Waals surface area contributed by atoms with Gasteiger partial charge >= 0.3 is 6.09 Å². The zero-order valence-electron chi connectivity index (χ0n) is 22.9. The summed E-state index contributed by atoms with van der Waals surface area (Å²) in [6, 6.07) is 4.79. The fourth-order valence-corrected chi connectivity index (χ4v) is 6.35. The van der Waals surface area contributed by atoms with E-state index in [-0.39, 0.29) is 41.8 Å². The number of carbonyl (C=O) groups is 2. The zero-order chi connectivity index (χ0) is 31.3. The molecule has 10 nitrogen and oxygen atoms in total. The Morgan fingerprint density at radius 2 is 1.72 bits per heavy atom. The first-order valence-electron chi connectivity index (χ1n) is 13.1. The molecule has 1 aromatic heterocycles. The second-order valence-corrected chi connectivity index (χ2v) is 12.0. The van der Waals surface area contributed by atoms with Gasteiger partial charge in [-0.2, -0.15) is 4.31 Å². The number of anilines is 1. The van der Waals surface area contributed by atoms with Gasteiger partial charge in [-0.3, -0.25) is 9.78 Å². The number of halogens is 4. The lowest BCUT2D eigenvalue weighted by Crippen LogP contribution is -2.53. The van der Waals surface area contributed by atoms with Gasteiger partial charge in [0.05, 0.1) is 24.3 Å². The van der Waals surface area contributed by atoms with Crippen molar-refractivity contribution >= 4 is 27.7 Å². The minimum absolute atomic E-state index is 0.00779. The fourth-order valence-electron chi connectivity index (χ4n) is 5.21. The van der Waals surface area contributed by atoms with E-state index in [0.29, 0.717) is 19.2 Å². The highest BCUT2D eigenvalue weighted by Crippen LogP contribution is 2.31. The lowest BCUT2D eigenvalue weighted by molar-refractivity contribution is -0.118. The van der Waals surface area contributed by atoms with Crippen LogP contribution in [0.25, 0.3) is 0 Å². The summed E-state index contributed by atoms with van der Waals surface area (Å²) in [6.45, 7) is 1.02. The van der Waals surface area contributed by atoms with Crippen LogP contribution in [0.1, 0.15) is 29.0 Å². The molecule has 0 unspecified atom stereocenters. The van der Waals surface area contributed by atoms with Gasteiger partial charge in [0.1, 0.15) is 29.3 Å². The van der Waals surface area contributed by atoms with Gasteiger partial charge in [-0.1, -0.05) is 12.1 Å². The van der Waals surface area contributed by atoms with Gasteiger partial charge in [0.25, 0.3) is 0 Å². The van der Waals surface area contributed by atoms with Crippen molar-refractivity contribution in [2.75, 3.05) is 31.2 Å². The Labute approximate surface area is 245 Å². The molecule has 3 aromatic rings. The van der Waals surface area contributed by atoms with Crippen molar-refractivity contribution in [2.24, 2.45) is 0 Å². The van der Waals surface area contributed by atoms with E-state index in [1.54, 1.807) is 0 Å². The Hall–Kier alpha value is -4.08. The first-order valence-corrected chi connectivity index (χ1v) is 15.0. The van der Waals surface area contributed by atoms with E-state index in [1.165, 1.54) is 16.4 Å². The number of hydrogen-bond donors (Lipinski definition) is 4. The average molecular weight is 624 g/mol. The number of carboxylic acid groups (broad SMARTS) is 1. The Bertz CT molecular complexity index is 1570. The zero-order valence-corrected chi connectivity index (χ0v) is 23.7. The SMILES string of the molecule is CS(=O)(=O)N1CCNC[C@@H]1CCc1c(F)cncc1NC(=O)[C@@H](NC(=O)O)[C@@H](c1ccc(F)cc1)c1cc(F)cc(F)c1. The minimum atomic E-state index is -3.54. The second kappa shape index (κ2) is 13.5. The number of rotatable bonds is 10. The molecule has 1 saturated heterocycles. The van der Waals surface area contributed by atoms with Crippen LogP contribution in [0, 0.1) is 23.3 Å². The maximum Gasteiger partial charge on any atom is 0.405 e. The van der Waals surface area contributed by atoms with Crippen molar-refractivity contribution in [3.8, 4) is 0 Å². The van der Waals surface area contributed by atoms with Gasteiger partial charge in [-0.05, 0) is 48.2 Å². The molecule has 4 rings (SSSR count). The number of nitrogens with one attached hydrogen (secondary N) is 3. The number of pyridine rings is 1. The van der Waals surface area contributed by atoms with Gasteiger partial charge < -0.3 is 21.1 Å². The number of sulfonamides is 1. The Kier molecular flexibility index (Phi) is 9.98. The van der Waals surface area contributed by atoms with Crippen molar-refractivity contribution in [1.82, 2.24) is 19.9 Å². The molecule has 2 heterocycles. The van der Waals surface area contributed by atoms with E-state index >= 15 is 4.39 Å². The number of aromatic nitrogens is 1. The highest BCUT2D eigenvalue weighted by atomic mass is 32.2. The molecule has 3 atom stereocenters. The van der Waals surface area contributed by atoms with Crippen LogP contribution in [0.3, 0.4) is 0 Å². The number of carbonyl (C=O) groups excluding carboxylic acids is 1. The molecule has 0 saturated carbocycles. The first-order chi connectivity index (χ1) is 20.3. The first kappa shape index (κ1) is 31.8. The normalized spacial score (nSPS) is 17.2. The number of piperazine rings is 1. The second-order valence-electron chi connectivity index (χ2n) is 10.1. The van der Waals surface area contributed by atoms with Gasteiger partial charge in [-0.15, -0.1) is 0 Å². The average Bonchev–Trinajstić information content (AvgIpc) is 2.92. The van der Waals surface area contributed by atoms with Gasteiger partial charge in [0.2, 0.25) is 15.9 Å². The van der Waals surface area contributed by atoms with Gasteiger partial charge in [0, 0.05) is 43.2 Å². The minimum Gasteiger partial charge on any atom is -0.465 e. The summed E-state index contributed by atoms with van der Waals surface area (Å²) in [6.07, 6.45) is 1.67. The van der Waals surface area contributed by atoms with Crippen LogP contribution in [0.15, 0.2) is 54.9 Å². The van der Waals surface area contributed by atoms with E-state index in [9.17, 15) is 36.3 Å². The third-order valence-electron chi connectivity index (χ3n) is 7.08. The Balaban J connectivity index is 1.68. The van der Waals surface area contributed by atoms with Crippen molar-refractivity contribution < 1.29 is 40.7 Å². The molecule has 230 valence electrons. The predicted molar refractivity (Wildman–Crippen MR) is 149 cm³/mol. The van der Waals surface area contributed by atoms with Crippen LogP contribution < -0.4 is 16.0 Å². The van der Waals surface area contributed by atoms with Crippen LogP contribution >= 0.6 is 0 Å². The van der Waals surface area contributed by atoms with Crippen LogP contribution in [0.2, 0.25) is 0 Å². The molecular formula is C28H29F4N5O5S. The summed E-state index contributed by atoms with van der Waals surface area (Å²) >= 11 is 0. The van der Waals surface area contributed by atoms with Crippen LogP contribution in [0.4, 0.5) is 28.0 Å². The molecule has 0 aliphatic carbocycles. The molecule has 2 aromatic carbocycles. The van der Waals surface area contributed by atoms with E-state index in [1.807, 2.05) is 0 Å². The topological polar surface area (TPSA) is 141 Å². The van der Waals surface area contributed by atoms with Gasteiger partial charge in [0.15, 0.2) is 0 Å². The Morgan fingerprint density at radius 3 is 2.35 bits per heavy atom. The molecule has 15 heteroatoms. The van der Waals surface area contributed by atoms with E-state index in [0.717, 1.165) is 42.9 Å². The maximum absolute atomic E-state index is 15.0. The largest absolute Gasteiger partial charge is 0.465 e. The molecule has 4 N–H and O–H groups in total. The highest BCUT2D eigenvalue weighted by molar-refractivity contribution is 7.88. The summed E-state index contributed by atoms with van der Waals surface area (Å²) < 4.78 is 83.0. The van der Waals surface area contributed by atoms with E-state index in [4.69, 9.17) is 0 Å². The molecule has 43 heavy (non-hydrogen) atoms. The summed E-state index contributed by atoms with van der Waals surface area (Å²) in [5, 5.41) is 17.2. The lowest BCUT2D eigenvalue weighted by Gasteiger charge is -2.34. The summed E-state index contributed by atoms with van der Waals surface area (Å²) in [7, 11) is -3.54. The van der Waals surface area contributed by atoms with Gasteiger partial charge in [-0.25, -0.2) is 30.8 Å². The maximum atomic E-state index is 15.0. The van der Waals surface area contributed by atoms with Crippen molar-refractivity contribution in [3.63, 3.8) is 0 Å². The standard InChI is InChI=1S/C28H29F4N5O5S/c1-43(41,42)37-9-8-33-13-21(37)6-7-22-23(32)14-34-15-24(22)35-27(38)26(36-28(39)40)25(16-2-4-18(29)5-3-16)17-10-19(30)12-20(31)11-17/h2-5,10-12,14-15,21,25-26,33,36H,6-9,13H2,1H3,(H,35,38)(H,39,40)/t21-,25-,26-/m0/s1. The Morgan fingerprint density at radius 1 is 1.05 bits per heavy atom. The molecule has 1 aliphatic heterocycles. The molecule has 0 radical (unpaired) electrons.